The first kappa shape index (κ1) is 38.6. The summed E-state index contributed by atoms with van der Waals surface area (Å²) in [4.78, 5) is 28.8. The standard InChI is InChI=1S/C36H47FN4O8S/c1-24-21-41(25(2)23-42)35(43)32-20-29(39-36(44)38-28-11-9-27(37)10-12-28)13-18-33(32)49-26(3)8-6-7-19-48-34(24)22-40(4)50(45,46)31-16-14-30(47-5)15-17-31/h9-18,20,24-26,34,42H,6-8,19,21-23H2,1-5H3,(H2,38,39,44)/t24-,25+,26-,34+/m0/s1. The van der Waals surface area contributed by atoms with E-state index in [-0.39, 0.29) is 42.2 Å². The Morgan fingerprint density at radius 3 is 2.38 bits per heavy atom. The molecular weight excluding hydrogens is 667 g/mol. The van der Waals surface area contributed by atoms with Crippen LogP contribution in [0.2, 0.25) is 0 Å². The third kappa shape index (κ3) is 10.2. The SMILES string of the molecule is COc1ccc(S(=O)(=O)N(C)C[C@H]2OCCCC[C@H](C)Oc3ccc(NC(=O)Nc4ccc(F)cc4)cc3C(=O)N([C@H](C)CO)C[C@@H]2C)cc1. The molecule has 3 amide bonds. The number of carbonyl (C=O) groups is 2. The van der Waals surface area contributed by atoms with Crippen molar-refractivity contribution in [2.75, 3.05) is 51.1 Å². The monoisotopic (exact) mass is 714 g/mol. The molecule has 3 aromatic carbocycles. The van der Waals surface area contributed by atoms with Crippen molar-refractivity contribution in [3.05, 3.63) is 78.1 Å². The maximum atomic E-state index is 14.4. The number of sulfonamides is 1. The van der Waals surface area contributed by atoms with Gasteiger partial charge < -0.3 is 34.9 Å². The van der Waals surface area contributed by atoms with Crippen molar-refractivity contribution < 1.29 is 41.7 Å². The summed E-state index contributed by atoms with van der Waals surface area (Å²) in [6.07, 6.45) is 1.29. The molecule has 0 aromatic heterocycles. The van der Waals surface area contributed by atoms with Gasteiger partial charge in [-0.25, -0.2) is 17.6 Å². The van der Waals surface area contributed by atoms with Crippen LogP contribution in [0, 0.1) is 11.7 Å². The minimum Gasteiger partial charge on any atom is -0.497 e. The largest absolute Gasteiger partial charge is 0.497 e. The maximum Gasteiger partial charge on any atom is 0.323 e. The van der Waals surface area contributed by atoms with Gasteiger partial charge >= 0.3 is 6.03 Å². The first-order valence-electron chi connectivity index (χ1n) is 16.6. The number of halogens is 1. The Hall–Kier alpha value is -4.24. The van der Waals surface area contributed by atoms with Crippen molar-refractivity contribution in [1.82, 2.24) is 9.21 Å². The lowest BCUT2D eigenvalue weighted by Crippen LogP contribution is -2.48. The van der Waals surface area contributed by atoms with Gasteiger partial charge in [-0.1, -0.05) is 6.92 Å². The van der Waals surface area contributed by atoms with Crippen LogP contribution in [0.25, 0.3) is 0 Å². The summed E-state index contributed by atoms with van der Waals surface area (Å²) >= 11 is 0. The zero-order chi connectivity index (χ0) is 36.4. The van der Waals surface area contributed by atoms with Gasteiger partial charge in [-0.2, -0.15) is 4.31 Å². The summed E-state index contributed by atoms with van der Waals surface area (Å²) in [7, 11) is -0.870. The van der Waals surface area contributed by atoms with Gasteiger partial charge in [0.2, 0.25) is 10.0 Å². The molecule has 4 atom stereocenters. The van der Waals surface area contributed by atoms with E-state index >= 15 is 0 Å². The number of anilines is 2. The highest BCUT2D eigenvalue weighted by Gasteiger charge is 2.32. The highest BCUT2D eigenvalue weighted by atomic mass is 32.2. The Morgan fingerprint density at radius 2 is 1.72 bits per heavy atom. The number of carbonyl (C=O) groups excluding carboxylic acids is 2. The number of methoxy groups -OCH3 is 1. The average molecular weight is 715 g/mol. The number of likely N-dealkylation sites (N-methyl/N-ethyl adjacent to an activating group) is 1. The number of hydrogen-bond donors (Lipinski definition) is 3. The summed E-state index contributed by atoms with van der Waals surface area (Å²) in [5, 5.41) is 15.6. The molecule has 3 aromatic rings. The molecular formula is C36H47FN4O8S. The van der Waals surface area contributed by atoms with Gasteiger partial charge in [0.05, 0.1) is 42.4 Å². The van der Waals surface area contributed by atoms with Crippen LogP contribution >= 0.6 is 0 Å². The zero-order valence-corrected chi connectivity index (χ0v) is 29.9. The topological polar surface area (TPSA) is 147 Å². The molecule has 272 valence electrons. The summed E-state index contributed by atoms with van der Waals surface area (Å²) in [5.74, 6) is -0.386. The van der Waals surface area contributed by atoms with E-state index in [1.165, 1.54) is 65.8 Å². The lowest BCUT2D eigenvalue weighted by molar-refractivity contribution is -0.00834. The van der Waals surface area contributed by atoms with E-state index < -0.39 is 39.9 Å². The van der Waals surface area contributed by atoms with Gasteiger partial charge in [-0.15, -0.1) is 0 Å². The predicted octanol–water partition coefficient (Wildman–Crippen LogP) is 5.59. The van der Waals surface area contributed by atoms with E-state index in [4.69, 9.17) is 14.2 Å². The number of hydrogen-bond acceptors (Lipinski definition) is 8. The molecule has 0 fully saturated rings. The molecule has 0 aliphatic carbocycles. The molecule has 0 spiro atoms. The molecule has 0 saturated heterocycles. The minimum atomic E-state index is -3.87. The Balaban J connectivity index is 1.61. The van der Waals surface area contributed by atoms with Crippen molar-refractivity contribution in [3.63, 3.8) is 0 Å². The van der Waals surface area contributed by atoms with Crippen molar-refractivity contribution in [3.8, 4) is 11.5 Å². The first-order valence-corrected chi connectivity index (χ1v) is 18.0. The minimum absolute atomic E-state index is 0.0262. The number of rotatable bonds is 9. The van der Waals surface area contributed by atoms with Gasteiger partial charge in [0.15, 0.2) is 0 Å². The fourth-order valence-electron chi connectivity index (χ4n) is 5.57. The van der Waals surface area contributed by atoms with Crippen LogP contribution in [0.5, 0.6) is 11.5 Å². The van der Waals surface area contributed by atoms with Gasteiger partial charge in [0, 0.05) is 44.0 Å². The summed E-state index contributed by atoms with van der Waals surface area (Å²) in [5.41, 5.74) is 0.870. The van der Waals surface area contributed by atoms with Crippen LogP contribution in [0.4, 0.5) is 20.6 Å². The second kappa shape index (κ2) is 17.6. The molecule has 3 N–H and O–H groups in total. The zero-order valence-electron chi connectivity index (χ0n) is 29.1. The number of aliphatic hydroxyl groups excluding tert-OH is 1. The van der Waals surface area contributed by atoms with Crippen molar-refractivity contribution in [1.29, 1.82) is 0 Å². The average Bonchev–Trinajstić information content (AvgIpc) is 3.10. The van der Waals surface area contributed by atoms with Gasteiger partial charge in [-0.05, 0) is 99.8 Å². The number of nitrogens with zero attached hydrogens (tertiary/aromatic N) is 2. The molecule has 0 unspecified atom stereocenters. The maximum absolute atomic E-state index is 14.4. The molecule has 0 bridgehead atoms. The van der Waals surface area contributed by atoms with E-state index in [0.717, 1.165) is 6.42 Å². The first-order chi connectivity index (χ1) is 23.8. The third-order valence-electron chi connectivity index (χ3n) is 8.62. The summed E-state index contributed by atoms with van der Waals surface area (Å²) < 4.78 is 59.3. The van der Waals surface area contributed by atoms with E-state index in [0.29, 0.717) is 42.3 Å². The quantitative estimate of drug-likeness (QED) is 0.260. The molecule has 0 saturated carbocycles. The van der Waals surface area contributed by atoms with Crippen LogP contribution in [0.15, 0.2) is 71.6 Å². The molecule has 1 heterocycles. The number of nitrogens with one attached hydrogen (secondary N) is 2. The number of amides is 3. The molecule has 4 rings (SSSR count). The number of fused-ring (bicyclic) bond motifs is 1. The second-order valence-electron chi connectivity index (χ2n) is 12.6. The van der Waals surface area contributed by atoms with Crippen molar-refractivity contribution >= 4 is 33.3 Å². The predicted molar refractivity (Wildman–Crippen MR) is 189 cm³/mol. The lowest BCUT2D eigenvalue weighted by atomic mass is 10.0. The molecule has 12 nitrogen and oxygen atoms in total. The highest BCUT2D eigenvalue weighted by molar-refractivity contribution is 7.89. The van der Waals surface area contributed by atoms with Gasteiger partial charge in [0.25, 0.3) is 5.91 Å². The van der Waals surface area contributed by atoms with Gasteiger partial charge in [-0.3, -0.25) is 4.79 Å². The number of aliphatic hydroxyl groups is 1. The van der Waals surface area contributed by atoms with Crippen LogP contribution < -0.4 is 20.1 Å². The summed E-state index contributed by atoms with van der Waals surface area (Å²) in [6.45, 7) is 5.70. The van der Waals surface area contributed by atoms with Crippen LogP contribution in [0.3, 0.4) is 0 Å². The van der Waals surface area contributed by atoms with E-state index in [9.17, 15) is 27.5 Å². The fraction of sp³-hybridized carbons (Fsp3) is 0.444. The molecule has 1 aliphatic heterocycles. The Labute approximate surface area is 293 Å². The third-order valence-corrected chi connectivity index (χ3v) is 10.5. The second-order valence-corrected chi connectivity index (χ2v) is 14.6. The number of benzene rings is 3. The van der Waals surface area contributed by atoms with Gasteiger partial charge in [0.1, 0.15) is 17.3 Å². The Kier molecular flexibility index (Phi) is 13.6. The van der Waals surface area contributed by atoms with Crippen molar-refractivity contribution in [2.45, 2.75) is 63.2 Å². The molecule has 1 aliphatic rings. The van der Waals surface area contributed by atoms with E-state index in [2.05, 4.69) is 10.6 Å². The normalized spacial score (nSPS) is 19.9. The summed E-state index contributed by atoms with van der Waals surface area (Å²) in [6, 6.07) is 15.0. The molecule has 14 heteroatoms. The lowest BCUT2D eigenvalue weighted by Gasteiger charge is -2.35. The van der Waals surface area contributed by atoms with E-state index in [1.807, 2.05) is 13.8 Å². The fourth-order valence-corrected chi connectivity index (χ4v) is 6.75. The number of ether oxygens (including phenoxy) is 3. The number of urea groups is 1. The van der Waals surface area contributed by atoms with Crippen LogP contribution in [0.1, 0.15) is 50.4 Å². The van der Waals surface area contributed by atoms with Crippen molar-refractivity contribution in [2.24, 2.45) is 5.92 Å². The Bertz CT molecular complexity index is 1690. The smallest absolute Gasteiger partial charge is 0.323 e. The van der Waals surface area contributed by atoms with E-state index in [1.54, 1.807) is 31.2 Å². The highest BCUT2D eigenvalue weighted by Crippen LogP contribution is 2.29. The van der Waals surface area contributed by atoms with Crippen LogP contribution in [-0.4, -0.2) is 93.4 Å². The molecule has 0 radical (unpaired) electrons. The molecule has 50 heavy (non-hydrogen) atoms. The Morgan fingerprint density at radius 1 is 1.06 bits per heavy atom. The van der Waals surface area contributed by atoms with Crippen LogP contribution in [-0.2, 0) is 14.8 Å².